The van der Waals surface area contributed by atoms with Gasteiger partial charge in [0.1, 0.15) is 11.0 Å². The van der Waals surface area contributed by atoms with Gasteiger partial charge >= 0.3 is 5.97 Å². The Balaban J connectivity index is 1.83. The van der Waals surface area contributed by atoms with E-state index in [0.29, 0.717) is 6.42 Å². The van der Waals surface area contributed by atoms with Crippen LogP contribution in [0, 0.1) is 0 Å². The zero-order valence-corrected chi connectivity index (χ0v) is 16.5. The van der Waals surface area contributed by atoms with Gasteiger partial charge in [0.15, 0.2) is 0 Å². The number of piperidine rings is 1. The van der Waals surface area contributed by atoms with Gasteiger partial charge in [-0.1, -0.05) is 46.6 Å². The number of halogens is 1. The van der Waals surface area contributed by atoms with Crippen molar-refractivity contribution in [3.8, 4) is 0 Å². The molecule has 1 N–H and O–H groups in total. The number of aromatic nitrogens is 1. The third-order valence-corrected chi connectivity index (χ3v) is 6.51. The number of nitrogens with zero attached hydrogens (tertiary/aromatic N) is 2. The maximum atomic E-state index is 11.9. The van der Waals surface area contributed by atoms with Gasteiger partial charge in [0.25, 0.3) is 0 Å². The Bertz CT molecular complexity index is 892. The average molecular weight is 431 g/mol. The number of hydrogen-bond donors (Lipinski definition) is 1. The predicted molar refractivity (Wildman–Crippen MR) is 108 cm³/mol. The summed E-state index contributed by atoms with van der Waals surface area (Å²) >= 11 is 5.14. The minimum Gasteiger partial charge on any atom is -0.480 e. The Morgan fingerprint density at radius 2 is 1.96 bits per heavy atom. The fourth-order valence-corrected chi connectivity index (χ4v) is 5.04. The highest BCUT2D eigenvalue weighted by Gasteiger charge is 2.36. The molecule has 1 saturated heterocycles. The molecule has 0 saturated carbocycles. The van der Waals surface area contributed by atoms with Crippen molar-refractivity contribution in [2.45, 2.75) is 31.3 Å². The van der Waals surface area contributed by atoms with Crippen LogP contribution >= 0.6 is 27.3 Å². The van der Waals surface area contributed by atoms with E-state index >= 15 is 0 Å². The fraction of sp³-hybridized carbons (Fsp3) is 0.300. The van der Waals surface area contributed by atoms with Crippen LogP contribution < -0.4 is 0 Å². The van der Waals surface area contributed by atoms with E-state index in [1.165, 1.54) is 0 Å². The van der Waals surface area contributed by atoms with Crippen LogP contribution in [0.15, 0.2) is 53.0 Å². The molecule has 0 spiro atoms. The van der Waals surface area contributed by atoms with Crippen molar-refractivity contribution in [3.63, 3.8) is 0 Å². The van der Waals surface area contributed by atoms with E-state index in [0.717, 1.165) is 44.6 Å². The number of aliphatic carboxylic acids is 1. The van der Waals surface area contributed by atoms with E-state index in [9.17, 15) is 9.90 Å². The summed E-state index contributed by atoms with van der Waals surface area (Å²) in [5.74, 6) is -0.743. The number of fused-ring (bicyclic) bond motifs is 1. The van der Waals surface area contributed by atoms with Crippen LogP contribution in [0.1, 0.15) is 35.9 Å². The number of thiazole rings is 1. The number of likely N-dealkylation sites (tertiary alicyclic amines) is 1. The fourth-order valence-electron chi connectivity index (χ4n) is 3.66. The lowest BCUT2D eigenvalue weighted by Crippen LogP contribution is -2.46. The predicted octanol–water partition coefficient (Wildman–Crippen LogP) is 5.09. The normalized spacial score (nSPS) is 19.5. The second-order valence-electron chi connectivity index (χ2n) is 6.56. The molecule has 26 heavy (non-hydrogen) atoms. The van der Waals surface area contributed by atoms with Gasteiger partial charge in [-0.15, -0.1) is 11.3 Å². The van der Waals surface area contributed by atoms with Crippen LogP contribution in [0.4, 0.5) is 0 Å². The Kier molecular flexibility index (Phi) is 5.07. The minimum atomic E-state index is -0.743. The smallest absolute Gasteiger partial charge is 0.320 e. The first-order chi connectivity index (χ1) is 12.6. The highest BCUT2D eigenvalue weighted by Crippen LogP contribution is 2.38. The molecule has 1 aliphatic heterocycles. The molecule has 1 fully saturated rings. The number of carboxylic acids is 1. The van der Waals surface area contributed by atoms with Crippen molar-refractivity contribution in [1.82, 2.24) is 9.88 Å². The molecule has 3 aromatic rings. The molecule has 2 aromatic carbocycles. The summed E-state index contributed by atoms with van der Waals surface area (Å²) in [6.45, 7) is 0.771. The highest BCUT2D eigenvalue weighted by molar-refractivity contribution is 9.10. The van der Waals surface area contributed by atoms with E-state index in [1.54, 1.807) is 11.3 Å². The molecule has 4 rings (SSSR count). The third kappa shape index (κ3) is 3.41. The number of benzene rings is 2. The third-order valence-electron chi connectivity index (χ3n) is 4.89. The number of rotatable bonds is 4. The monoisotopic (exact) mass is 430 g/mol. The zero-order valence-electron chi connectivity index (χ0n) is 14.1. The Hall–Kier alpha value is -1.76. The summed E-state index contributed by atoms with van der Waals surface area (Å²) in [5.41, 5.74) is 2.05. The molecule has 2 heterocycles. The average Bonchev–Trinajstić information content (AvgIpc) is 3.07. The van der Waals surface area contributed by atoms with Crippen molar-refractivity contribution >= 4 is 43.5 Å². The first-order valence-corrected chi connectivity index (χ1v) is 10.3. The van der Waals surface area contributed by atoms with Crippen molar-refractivity contribution in [2.75, 3.05) is 6.54 Å². The minimum absolute atomic E-state index is 0.137. The van der Waals surface area contributed by atoms with E-state index in [4.69, 9.17) is 4.98 Å². The maximum Gasteiger partial charge on any atom is 0.320 e. The summed E-state index contributed by atoms with van der Waals surface area (Å²) in [5, 5.41) is 10.7. The molecule has 4 nitrogen and oxygen atoms in total. The van der Waals surface area contributed by atoms with Crippen LogP contribution in [0.3, 0.4) is 0 Å². The van der Waals surface area contributed by atoms with Crippen LogP contribution in [0.25, 0.3) is 10.2 Å². The molecule has 2 atom stereocenters. The molecular weight excluding hydrogens is 412 g/mol. The van der Waals surface area contributed by atoms with Gasteiger partial charge in [0, 0.05) is 11.0 Å². The van der Waals surface area contributed by atoms with Crippen LogP contribution in [0.2, 0.25) is 0 Å². The van der Waals surface area contributed by atoms with Crippen LogP contribution in [-0.4, -0.2) is 33.5 Å². The first kappa shape index (κ1) is 17.6. The number of para-hydroxylation sites is 1. The van der Waals surface area contributed by atoms with Gasteiger partial charge in [-0.3, -0.25) is 9.69 Å². The first-order valence-electron chi connectivity index (χ1n) is 8.73. The van der Waals surface area contributed by atoms with Crippen molar-refractivity contribution in [1.29, 1.82) is 0 Å². The molecule has 0 amide bonds. The molecule has 0 aliphatic carbocycles. The van der Waals surface area contributed by atoms with E-state index in [1.807, 2.05) is 30.3 Å². The molecule has 6 heteroatoms. The molecule has 2 unspecified atom stereocenters. The lowest BCUT2D eigenvalue weighted by atomic mass is 9.96. The molecule has 134 valence electrons. The van der Waals surface area contributed by atoms with E-state index < -0.39 is 12.0 Å². The molecule has 0 radical (unpaired) electrons. The number of carboxylic acid groups (broad SMARTS) is 1. The number of hydrogen-bond acceptors (Lipinski definition) is 4. The summed E-state index contributed by atoms with van der Waals surface area (Å²) in [4.78, 5) is 18.9. The Labute approximate surface area is 164 Å². The molecular formula is C20H19BrN2O2S. The lowest BCUT2D eigenvalue weighted by Gasteiger charge is -2.38. The second kappa shape index (κ2) is 7.47. The van der Waals surface area contributed by atoms with Gasteiger partial charge in [-0.25, -0.2) is 4.98 Å². The summed E-state index contributed by atoms with van der Waals surface area (Å²) < 4.78 is 2.14. The van der Waals surface area contributed by atoms with E-state index in [2.05, 4.69) is 39.0 Å². The highest BCUT2D eigenvalue weighted by atomic mass is 79.9. The molecule has 1 aliphatic rings. The summed E-state index contributed by atoms with van der Waals surface area (Å²) in [6, 6.07) is 15.6. The van der Waals surface area contributed by atoms with Crippen LogP contribution in [-0.2, 0) is 4.79 Å². The summed E-state index contributed by atoms with van der Waals surface area (Å²) in [6.07, 6.45) is 2.66. The van der Waals surface area contributed by atoms with Crippen molar-refractivity contribution in [3.05, 3.63) is 63.6 Å². The lowest BCUT2D eigenvalue weighted by molar-refractivity contribution is -0.145. The second-order valence-corrected chi connectivity index (χ2v) is 8.54. The molecule has 1 aromatic heterocycles. The van der Waals surface area contributed by atoms with E-state index in [-0.39, 0.29) is 6.04 Å². The maximum absolute atomic E-state index is 11.9. The van der Waals surface area contributed by atoms with Gasteiger partial charge in [-0.05, 0) is 42.7 Å². The topological polar surface area (TPSA) is 53.4 Å². The SMILES string of the molecule is O=C(O)C1CCCCN1C(c1ccc(Br)cc1)c1nc2ccccc2s1. The zero-order chi connectivity index (χ0) is 18.1. The van der Waals surface area contributed by atoms with Crippen molar-refractivity contribution < 1.29 is 9.90 Å². The quantitative estimate of drug-likeness (QED) is 0.626. The largest absolute Gasteiger partial charge is 0.480 e. The van der Waals surface area contributed by atoms with Gasteiger partial charge in [0.05, 0.1) is 16.3 Å². The van der Waals surface area contributed by atoms with Gasteiger partial charge in [0.2, 0.25) is 0 Å². The Morgan fingerprint density at radius 1 is 1.19 bits per heavy atom. The standard InChI is InChI=1S/C20H19BrN2O2S/c21-14-10-8-13(9-11-14)18(23-12-4-3-6-16(23)20(24)25)19-22-15-5-1-2-7-17(15)26-19/h1-2,5,7-11,16,18H,3-4,6,12H2,(H,24,25). The Morgan fingerprint density at radius 3 is 2.69 bits per heavy atom. The molecule has 0 bridgehead atoms. The number of carbonyl (C=O) groups is 1. The van der Waals surface area contributed by atoms with Crippen molar-refractivity contribution in [2.24, 2.45) is 0 Å². The van der Waals surface area contributed by atoms with Gasteiger partial charge in [-0.2, -0.15) is 0 Å². The van der Waals surface area contributed by atoms with Gasteiger partial charge < -0.3 is 5.11 Å². The summed E-state index contributed by atoms with van der Waals surface area (Å²) in [7, 11) is 0. The van der Waals surface area contributed by atoms with Crippen LogP contribution in [0.5, 0.6) is 0 Å².